The smallest absolute Gasteiger partial charge is 0.244 e. The van der Waals surface area contributed by atoms with E-state index in [1.807, 2.05) is 17.5 Å². The van der Waals surface area contributed by atoms with Gasteiger partial charge in [-0.05, 0) is 41.8 Å². The van der Waals surface area contributed by atoms with Crippen LogP contribution in [0.25, 0.3) is 0 Å². The maximum Gasteiger partial charge on any atom is 0.244 e. The predicted octanol–water partition coefficient (Wildman–Crippen LogP) is 3.60. The van der Waals surface area contributed by atoms with Crippen LogP contribution in [0.4, 0.5) is 4.39 Å². The minimum atomic E-state index is -3.95. The zero-order valence-electron chi connectivity index (χ0n) is 13.3. The molecule has 0 amide bonds. The third-order valence-corrected chi connectivity index (χ3v) is 6.10. The average Bonchev–Trinajstić information content (AvgIpc) is 3.29. The van der Waals surface area contributed by atoms with Gasteiger partial charge in [0.2, 0.25) is 10.0 Å². The molecule has 0 bridgehead atoms. The van der Waals surface area contributed by atoms with Gasteiger partial charge in [0.05, 0.1) is 19.3 Å². The van der Waals surface area contributed by atoms with Crippen molar-refractivity contribution in [2.24, 2.45) is 0 Å². The molecule has 0 aliphatic rings. The summed E-state index contributed by atoms with van der Waals surface area (Å²) in [6.07, 6.45) is 1.54. The van der Waals surface area contributed by atoms with Crippen LogP contribution in [0, 0.1) is 5.82 Å². The number of methoxy groups -OCH3 is 1. The van der Waals surface area contributed by atoms with Crippen LogP contribution < -0.4 is 9.46 Å². The molecule has 8 heteroatoms. The first-order valence-electron chi connectivity index (χ1n) is 7.41. The number of benzene rings is 1. The van der Waals surface area contributed by atoms with E-state index in [1.54, 1.807) is 18.4 Å². The van der Waals surface area contributed by atoms with Gasteiger partial charge in [0.15, 0.2) is 0 Å². The Bertz CT molecular complexity index is 887. The lowest BCUT2D eigenvalue weighted by molar-refractivity contribution is 0.400. The van der Waals surface area contributed by atoms with Crippen molar-refractivity contribution < 1.29 is 22.0 Å². The molecule has 2 heterocycles. The van der Waals surface area contributed by atoms with Gasteiger partial charge in [0.25, 0.3) is 0 Å². The number of hydrogen-bond acceptors (Lipinski definition) is 5. The molecule has 0 aliphatic heterocycles. The minimum absolute atomic E-state index is 0.0794. The highest BCUT2D eigenvalue weighted by molar-refractivity contribution is 7.89. The van der Waals surface area contributed by atoms with E-state index in [9.17, 15) is 12.8 Å². The molecule has 0 spiro atoms. The minimum Gasteiger partial charge on any atom is -0.495 e. The first kappa shape index (κ1) is 17.7. The molecule has 1 N–H and O–H groups in total. The molecular weight excluding hydrogens is 365 g/mol. The average molecular weight is 381 g/mol. The molecule has 5 nitrogen and oxygen atoms in total. The van der Waals surface area contributed by atoms with Gasteiger partial charge in [-0.1, -0.05) is 6.07 Å². The lowest BCUT2D eigenvalue weighted by Gasteiger charge is -2.15. The molecule has 25 heavy (non-hydrogen) atoms. The highest BCUT2D eigenvalue weighted by Gasteiger charge is 2.24. The van der Waals surface area contributed by atoms with Gasteiger partial charge in [-0.2, -0.15) is 0 Å². The van der Waals surface area contributed by atoms with Gasteiger partial charge in [-0.3, -0.25) is 0 Å². The summed E-state index contributed by atoms with van der Waals surface area (Å²) >= 11 is 1.51. The largest absolute Gasteiger partial charge is 0.495 e. The van der Waals surface area contributed by atoms with E-state index in [4.69, 9.17) is 9.15 Å². The summed E-state index contributed by atoms with van der Waals surface area (Å²) in [4.78, 5) is 0.725. The third-order valence-electron chi connectivity index (χ3n) is 3.67. The fraction of sp³-hybridized carbons (Fsp3) is 0.176. The van der Waals surface area contributed by atoms with E-state index >= 15 is 0 Å². The monoisotopic (exact) mass is 381 g/mol. The quantitative estimate of drug-likeness (QED) is 0.679. The first-order valence-corrected chi connectivity index (χ1v) is 9.77. The van der Waals surface area contributed by atoms with Gasteiger partial charge in [0, 0.05) is 11.4 Å². The molecule has 3 aromatic rings. The standard InChI is InChI=1S/C17H16FNO4S2/c1-22-15-7-6-12(18)10-17(15)25(20,21)19-11-13(14-4-2-8-23-14)16-5-3-9-24-16/h2-10,13,19H,11H2,1H3. The number of furan rings is 1. The lowest BCUT2D eigenvalue weighted by atomic mass is 10.1. The fourth-order valence-electron chi connectivity index (χ4n) is 2.45. The highest BCUT2D eigenvalue weighted by Crippen LogP contribution is 2.29. The number of ether oxygens (including phenoxy) is 1. The van der Waals surface area contributed by atoms with E-state index in [0.717, 1.165) is 17.0 Å². The van der Waals surface area contributed by atoms with Crippen molar-refractivity contribution in [2.75, 3.05) is 13.7 Å². The lowest BCUT2D eigenvalue weighted by Crippen LogP contribution is -2.29. The summed E-state index contributed by atoms with van der Waals surface area (Å²) in [7, 11) is -2.62. The topological polar surface area (TPSA) is 68.5 Å². The van der Waals surface area contributed by atoms with Crippen molar-refractivity contribution in [3.05, 3.63) is 70.6 Å². The zero-order chi connectivity index (χ0) is 17.9. The van der Waals surface area contributed by atoms with E-state index in [-0.39, 0.29) is 23.1 Å². The SMILES string of the molecule is COc1ccc(F)cc1S(=O)(=O)NCC(c1ccco1)c1cccs1. The van der Waals surface area contributed by atoms with Crippen molar-refractivity contribution >= 4 is 21.4 Å². The van der Waals surface area contributed by atoms with Crippen LogP contribution in [-0.4, -0.2) is 22.1 Å². The van der Waals surface area contributed by atoms with Gasteiger partial charge in [0.1, 0.15) is 22.2 Å². The molecule has 3 rings (SSSR count). The van der Waals surface area contributed by atoms with Gasteiger partial charge in [-0.15, -0.1) is 11.3 Å². The van der Waals surface area contributed by atoms with Gasteiger partial charge < -0.3 is 9.15 Å². The Labute approximate surface area is 149 Å². The second-order valence-electron chi connectivity index (χ2n) is 5.23. The number of hydrogen-bond donors (Lipinski definition) is 1. The molecule has 0 radical (unpaired) electrons. The van der Waals surface area contributed by atoms with E-state index < -0.39 is 15.8 Å². The van der Waals surface area contributed by atoms with Crippen LogP contribution >= 0.6 is 11.3 Å². The Morgan fingerprint density at radius 2 is 2.12 bits per heavy atom. The number of halogens is 1. The maximum absolute atomic E-state index is 13.5. The Hall–Kier alpha value is -2.16. The van der Waals surface area contributed by atoms with Crippen LogP contribution in [0.2, 0.25) is 0 Å². The second kappa shape index (κ2) is 7.38. The number of sulfonamides is 1. The van der Waals surface area contributed by atoms with Gasteiger partial charge >= 0.3 is 0 Å². The number of thiophene rings is 1. The van der Waals surface area contributed by atoms with Crippen molar-refractivity contribution in [1.29, 1.82) is 0 Å². The second-order valence-corrected chi connectivity index (χ2v) is 7.95. The summed E-state index contributed by atoms with van der Waals surface area (Å²) in [6, 6.07) is 10.7. The number of nitrogens with one attached hydrogen (secondary N) is 1. The molecule has 1 aromatic carbocycles. The molecule has 2 aromatic heterocycles. The molecule has 0 aliphatic carbocycles. The van der Waals surface area contributed by atoms with Crippen molar-refractivity contribution in [3.63, 3.8) is 0 Å². The number of rotatable bonds is 7. The van der Waals surface area contributed by atoms with Crippen LogP contribution in [0.1, 0.15) is 16.6 Å². The Morgan fingerprint density at radius 1 is 1.28 bits per heavy atom. The van der Waals surface area contributed by atoms with E-state index in [2.05, 4.69) is 4.72 Å². The Kier molecular flexibility index (Phi) is 5.22. The van der Waals surface area contributed by atoms with Crippen LogP contribution in [-0.2, 0) is 10.0 Å². The van der Waals surface area contributed by atoms with Crippen molar-refractivity contribution in [2.45, 2.75) is 10.8 Å². The maximum atomic E-state index is 13.5. The van der Waals surface area contributed by atoms with Gasteiger partial charge in [-0.25, -0.2) is 17.5 Å². The van der Waals surface area contributed by atoms with E-state index in [0.29, 0.717) is 5.76 Å². The highest BCUT2D eigenvalue weighted by atomic mass is 32.2. The molecule has 0 saturated carbocycles. The first-order chi connectivity index (χ1) is 12.0. The fourth-order valence-corrected chi connectivity index (χ4v) is 4.51. The molecule has 1 atom stereocenters. The zero-order valence-corrected chi connectivity index (χ0v) is 14.9. The normalized spacial score (nSPS) is 12.9. The molecule has 0 saturated heterocycles. The molecule has 1 unspecified atom stereocenters. The summed E-state index contributed by atoms with van der Waals surface area (Å²) < 4.78 is 51.7. The van der Waals surface area contributed by atoms with E-state index in [1.165, 1.54) is 24.5 Å². The molecule has 0 fully saturated rings. The van der Waals surface area contributed by atoms with Crippen LogP contribution in [0.15, 0.2) is 63.4 Å². The van der Waals surface area contributed by atoms with Crippen molar-refractivity contribution in [1.82, 2.24) is 4.72 Å². The van der Waals surface area contributed by atoms with Crippen LogP contribution in [0.5, 0.6) is 5.75 Å². The molecule has 132 valence electrons. The summed E-state index contributed by atoms with van der Waals surface area (Å²) in [5.74, 6) is -0.192. The van der Waals surface area contributed by atoms with Crippen molar-refractivity contribution in [3.8, 4) is 5.75 Å². The third kappa shape index (κ3) is 3.92. The summed E-state index contributed by atoms with van der Waals surface area (Å²) in [5.41, 5.74) is 0. The summed E-state index contributed by atoms with van der Waals surface area (Å²) in [5, 5.41) is 1.91. The predicted molar refractivity (Wildman–Crippen MR) is 93.0 cm³/mol. The Balaban J connectivity index is 1.87. The molecular formula is C17H16FNO4S2. The van der Waals surface area contributed by atoms with Crippen LogP contribution in [0.3, 0.4) is 0 Å². The Morgan fingerprint density at radius 3 is 2.76 bits per heavy atom. The summed E-state index contributed by atoms with van der Waals surface area (Å²) in [6.45, 7) is 0.0794.